The molecule has 0 saturated carbocycles. The number of hydrogen-bond donors (Lipinski definition) is 1. The van der Waals surface area contributed by atoms with Gasteiger partial charge in [-0.15, -0.1) is 0 Å². The van der Waals surface area contributed by atoms with Crippen molar-refractivity contribution in [3.63, 3.8) is 0 Å². The van der Waals surface area contributed by atoms with Crippen LogP contribution in [-0.4, -0.2) is 17.3 Å². The lowest BCUT2D eigenvalue weighted by molar-refractivity contribution is 0.379. The van der Waals surface area contributed by atoms with E-state index in [1.165, 1.54) is 0 Å². The molecule has 1 heterocycles. The number of nitrogens with zero attached hydrogens (tertiary/aromatic N) is 2. The highest BCUT2D eigenvalue weighted by Crippen LogP contribution is 2.19. The Bertz CT molecular complexity index is 508. The molecule has 0 aliphatic carbocycles. The third kappa shape index (κ3) is 2.62. The van der Waals surface area contributed by atoms with Crippen molar-refractivity contribution in [2.24, 2.45) is 5.73 Å². The Kier molecular flexibility index (Phi) is 3.39. The first kappa shape index (κ1) is 11.6. The van der Waals surface area contributed by atoms with Crippen molar-refractivity contribution in [2.45, 2.75) is 19.9 Å². The average molecular weight is 233 g/mol. The number of ether oxygens (including phenoxy) is 1. The number of benzene rings is 1. The second kappa shape index (κ2) is 4.97. The van der Waals surface area contributed by atoms with E-state index in [1.807, 2.05) is 25.1 Å². The second-order valence-corrected chi connectivity index (χ2v) is 3.79. The van der Waals surface area contributed by atoms with E-state index < -0.39 is 0 Å². The van der Waals surface area contributed by atoms with Gasteiger partial charge >= 0.3 is 0 Å². The molecule has 0 aliphatic rings. The van der Waals surface area contributed by atoms with Gasteiger partial charge in [-0.2, -0.15) is 4.98 Å². The maximum Gasteiger partial charge on any atom is 0.231 e. The maximum absolute atomic E-state index is 5.42. The molecule has 1 aromatic heterocycles. The van der Waals surface area contributed by atoms with Crippen LogP contribution >= 0.6 is 0 Å². The topological polar surface area (TPSA) is 74.2 Å². The number of nitrogens with two attached hydrogens (primary N) is 1. The standard InChI is InChI=1S/C12H15N3O2/c1-8-5-9(3-4-10(8)16-2)6-12-14-11(7-13)15-17-12/h3-5H,6-7,13H2,1-2H3. The van der Waals surface area contributed by atoms with Gasteiger partial charge in [0.05, 0.1) is 20.1 Å². The van der Waals surface area contributed by atoms with Crippen LogP contribution in [-0.2, 0) is 13.0 Å². The zero-order valence-electron chi connectivity index (χ0n) is 9.93. The maximum atomic E-state index is 5.42. The molecule has 90 valence electrons. The normalized spacial score (nSPS) is 10.5. The molecular weight excluding hydrogens is 218 g/mol. The van der Waals surface area contributed by atoms with Crippen molar-refractivity contribution in [3.05, 3.63) is 41.0 Å². The van der Waals surface area contributed by atoms with Gasteiger partial charge in [0, 0.05) is 0 Å². The highest BCUT2D eigenvalue weighted by atomic mass is 16.5. The number of aromatic nitrogens is 2. The fourth-order valence-corrected chi connectivity index (χ4v) is 1.67. The summed E-state index contributed by atoms with van der Waals surface area (Å²) in [6.07, 6.45) is 0.609. The Morgan fingerprint density at radius 1 is 1.41 bits per heavy atom. The quantitative estimate of drug-likeness (QED) is 0.864. The summed E-state index contributed by atoms with van der Waals surface area (Å²) >= 11 is 0. The number of rotatable bonds is 4. The summed E-state index contributed by atoms with van der Waals surface area (Å²) in [5.41, 5.74) is 7.61. The van der Waals surface area contributed by atoms with Crippen LogP contribution in [0.1, 0.15) is 22.8 Å². The number of methoxy groups -OCH3 is 1. The summed E-state index contributed by atoms with van der Waals surface area (Å²) in [4.78, 5) is 4.16. The zero-order chi connectivity index (χ0) is 12.3. The molecule has 2 aromatic rings. The molecule has 0 bridgehead atoms. The monoisotopic (exact) mass is 233 g/mol. The van der Waals surface area contributed by atoms with Gasteiger partial charge in [-0.05, 0) is 24.1 Å². The first-order valence-electron chi connectivity index (χ1n) is 5.38. The van der Waals surface area contributed by atoms with Crippen molar-refractivity contribution in [3.8, 4) is 5.75 Å². The highest BCUT2D eigenvalue weighted by molar-refractivity contribution is 5.36. The highest BCUT2D eigenvalue weighted by Gasteiger charge is 2.07. The Labute approximate surface area is 99.6 Å². The Hall–Kier alpha value is -1.88. The number of aryl methyl sites for hydroxylation is 1. The van der Waals surface area contributed by atoms with Crippen molar-refractivity contribution in [1.82, 2.24) is 10.1 Å². The first-order valence-corrected chi connectivity index (χ1v) is 5.38. The van der Waals surface area contributed by atoms with Gasteiger partial charge in [0.2, 0.25) is 5.89 Å². The predicted octanol–water partition coefficient (Wildman–Crippen LogP) is 1.44. The van der Waals surface area contributed by atoms with E-state index in [2.05, 4.69) is 10.1 Å². The lowest BCUT2D eigenvalue weighted by atomic mass is 10.1. The van der Waals surface area contributed by atoms with Crippen molar-refractivity contribution >= 4 is 0 Å². The summed E-state index contributed by atoms with van der Waals surface area (Å²) < 4.78 is 10.3. The fraction of sp³-hybridized carbons (Fsp3) is 0.333. The third-order valence-corrected chi connectivity index (χ3v) is 2.51. The molecule has 0 saturated heterocycles. The molecule has 0 radical (unpaired) electrons. The molecule has 0 atom stereocenters. The molecule has 0 unspecified atom stereocenters. The van der Waals surface area contributed by atoms with Gasteiger partial charge in [0.25, 0.3) is 0 Å². The summed E-state index contributed by atoms with van der Waals surface area (Å²) in [5.74, 6) is 1.99. The molecular formula is C12H15N3O2. The van der Waals surface area contributed by atoms with Gasteiger partial charge in [0.15, 0.2) is 5.82 Å². The average Bonchev–Trinajstić information content (AvgIpc) is 2.77. The zero-order valence-corrected chi connectivity index (χ0v) is 9.93. The SMILES string of the molecule is COc1ccc(Cc2nc(CN)no2)cc1C. The lowest BCUT2D eigenvalue weighted by Gasteiger charge is -2.05. The van der Waals surface area contributed by atoms with Crippen LogP contribution in [0, 0.1) is 6.92 Å². The van der Waals surface area contributed by atoms with Crippen molar-refractivity contribution < 1.29 is 9.26 Å². The molecule has 5 nitrogen and oxygen atoms in total. The summed E-state index contributed by atoms with van der Waals surface area (Å²) in [6.45, 7) is 2.30. The summed E-state index contributed by atoms with van der Waals surface area (Å²) in [7, 11) is 1.66. The lowest BCUT2D eigenvalue weighted by Crippen LogP contribution is -1.98. The Morgan fingerprint density at radius 3 is 2.82 bits per heavy atom. The molecule has 1 aromatic carbocycles. The summed E-state index contributed by atoms with van der Waals surface area (Å²) in [5, 5.41) is 3.75. The van der Waals surface area contributed by atoms with E-state index in [4.69, 9.17) is 15.0 Å². The van der Waals surface area contributed by atoms with Crippen LogP contribution in [0.5, 0.6) is 5.75 Å². The van der Waals surface area contributed by atoms with E-state index in [9.17, 15) is 0 Å². The minimum absolute atomic E-state index is 0.297. The molecule has 0 spiro atoms. The van der Waals surface area contributed by atoms with E-state index >= 15 is 0 Å². The van der Waals surface area contributed by atoms with Crippen LogP contribution < -0.4 is 10.5 Å². The Morgan fingerprint density at radius 2 is 2.24 bits per heavy atom. The molecule has 0 aliphatic heterocycles. The van der Waals surface area contributed by atoms with Crippen LogP contribution in [0.2, 0.25) is 0 Å². The van der Waals surface area contributed by atoms with Gasteiger partial charge < -0.3 is 15.0 Å². The van der Waals surface area contributed by atoms with E-state index in [0.717, 1.165) is 16.9 Å². The smallest absolute Gasteiger partial charge is 0.231 e. The minimum atomic E-state index is 0.297. The minimum Gasteiger partial charge on any atom is -0.496 e. The van der Waals surface area contributed by atoms with E-state index in [-0.39, 0.29) is 0 Å². The van der Waals surface area contributed by atoms with E-state index in [1.54, 1.807) is 7.11 Å². The molecule has 2 N–H and O–H groups in total. The van der Waals surface area contributed by atoms with Crippen LogP contribution in [0.15, 0.2) is 22.7 Å². The molecule has 0 fully saturated rings. The van der Waals surface area contributed by atoms with Crippen LogP contribution in [0.25, 0.3) is 0 Å². The third-order valence-electron chi connectivity index (χ3n) is 2.51. The van der Waals surface area contributed by atoms with E-state index in [0.29, 0.717) is 24.7 Å². The van der Waals surface area contributed by atoms with Gasteiger partial charge in [0.1, 0.15) is 5.75 Å². The van der Waals surface area contributed by atoms with Gasteiger partial charge in [-0.25, -0.2) is 0 Å². The Balaban J connectivity index is 2.15. The fourth-order valence-electron chi connectivity index (χ4n) is 1.67. The van der Waals surface area contributed by atoms with Crippen molar-refractivity contribution in [1.29, 1.82) is 0 Å². The molecule has 17 heavy (non-hydrogen) atoms. The van der Waals surface area contributed by atoms with Crippen LogP contribution in [0.4, 0.5) is 0 Å². The summed E-state index contributed by atoms with van der Waals surface area (Å²) in [6, 6.07) is 5.97. The predicted molar refractivity (Wildman–Crippen MR) is 62.7 cm³/mol. The largest absolute Gasteiger partial charge is 0.496 e. The van der Waals surface area contributed by atoms with Gasteiger partial charge in [-0.3, -0.25) is 0 Å². The van der Waals surface area contributed by atoms with Crippen molar-refractivity contribution in [2.75, 3.05) is 7.11 Å². The molecule has 5 heteroatoms. The first-order chi connectivity index (χ1) is 8.22. The number of hydrogen-bond acceptors (Lipinski definition) is 5. The van der Waals surface area contributed by atoms with Crippen LogP contribution in [0.3, 0.4) is 0 Å². The van der Waals surface area contributed by atoms with Gasteiger partial charge in [-0.1, -0.05) is 17.3 Å². The molecule has 2 rings (SSSR count). The molecule has 0 amide bonds. The second-order valence-electron chi connectivity index (χ2n) is 3.79.